The van der Waals surface area contributed by atoms with Crippen LogP contribution in [0.25, 0.3) is 11.4 Å². The molecule has 43 heavy (non-hydrogen) atoms. The van der Waals surface area contributed by atoms with Crippen molar-refractivity contribution in [2.24, 2.45) is 0 Å². The minimum atomic E-state index is -1.44. The number of Topliss-reactive ketones (excluding diaryl/α,β-unsaturated/α-hetero) is 1. The number of hydrogen-bond donors (Lipinski definition) is 3. The molecular formula is C28H29Cl2N7O6. The van der Waals surface area contributed by atoms with Crippen LogP contribution in [0.2, 0.25) is 10.0 Å². The molecule has 4 rings (SSSR count). The Labute approximate surface area is 256 Å². The predicted octanol–water partition coefficient (Wildman–Crippen LogP) is 2.38. The Balaban J connectivity index is 1.43. The first-order chi connectivity index (χ1) is 20.5. The summed E-state index contributed by atoms with van der Waals surface area (Å²) in [5.41, 5.74) is 0.713. The van der Waals surface area contributed by atoms with Crippen molar-refractivity contribution in [1.29, 1.82) is 0 Å². The second kappa shape index (κ2) is 14.2. The highest BCUT2D eigenvalue weighted by Crippen LogP contribution is 2.31. The minimum Gasteiger partial charge on any atom is -0.481 e. The Morgan fingerprint density at radius 3 is 2.42 bits per heavy atom. The van der Waals surface area contributed by atoms with Gasteiger partial charge in [0.25, 0.3) is 5.91 Å². The molecule has 2 aromatic carbocycles. The SMILES string of the molecule is CC(C(=O)NC(CC(=O)O)C(=O)Cn1nnc(-c2c(Cl)cccc2Cl)n1)N1CCCC[C@H](NC(=O)c2ccccc2)C1=O. The fraction of sp³-hybridized carbons (Fsp3) is 0.357. The predicted molar refractivity (Wildman–Crippen MR) is 155 cm³/mol. The number of carbonyl (C=O) groups is 5. The average molecular weight is 630 g/mol. The molecule has 15 heteroatoms. The lowest BCUT2D eigenvalue weighted by Gasteiger charge is -2.30. The van der Waals surface area contributed by atoms with E-state index in [1.54, 1.807) is 48.5 Å². The maximum absolute atomic E-state index is 13.4. The molecule has 3 amide bonds. The smallest absolute Gasteiger partial charge is 0.305 e. The topological polar surface area (TPSA) is 176 Å². The van der Waals surface area contributed by atoms with Crippen LogP contribution < -0.4 is 10.6 Å². The summed E-state index contributed by atoms with van der Waals surface area (Å²) in [6.07, 6.45) is 0.921. The number of nitrogens with zero attached hydrogens (tertiary/aromatic N) is 5. The van der Waals surface area contributed by atoms with Crippen LogP contribution in [0.3, 0.4) is 0 Å². The van der Waals surface area contributed by atoms with E-state index < -0.39 is 60.6 Å². The second-order valence-corrected chi connectivity index (χ2v) is 10.8. The van der Waals surface area contributed by atoms with Crippen LogP contribution in [0.15, 0.2) is 48.5 Å². The van der Waals surface area contributed by atoms with Crippen molar-refractivity contribution in [1.82, 2.24) is 35.7 Å². The molecule has 0 radical (unpaired) electrons. The van der Waals surface area contributed by atoms with Gasteiger partial charge in [0.1, 0.15) is 24.7 Å². The molecule has 2 heterocycles. The first kappa shape index (κ1) is 31.6. The highest BCUT2D eigenvalue weighted by atomic mass is 35.5. The fourth-order valence-electron chi connectivity index (χ4n) is 4.64. The molecule has 3 N–H and O–H groups in total. The van der Waals surface area contributed by atoms with Gasteiger partial charge in [-0.1, -0.05) is 47.5 Å². The molecule has 2 unspecified atom stereocenters. The van der Waals surface area contributed by atoms with Crippen molar-refractivity contribution >= 4 is 52.7 Å². The van der Waals surface area contributed by atoms with Crippen LogP contribution in [0.1, 0.15) is 43.0 Å². The monoisotopic (exact) mass is 629 g/mol. The Kier molecular flexibility index (Phi) is 10.4. The van der Waals surface area contributed by atoms with Crippen LogP contribution >= 0.6 is 23.2 Å². The van der Waals surface area contributed by atoms with E-state index in [1.807, 2.05) is 0 Å². The minimum absolute atomic E-state index is 0.0597. The fourth-order valence-corrected chi connectivity index (χ4v) is 5.21. The van der Waals surface area contributed by atoms with Gasteiger partial charge in [-0.05, 0) is 55.7 Å². The van der Waals surface area contributed by atoms with E-state index in [-0.39, 0.29) is 22.4 Å². The highest BCUT2D eigenvalue weighted by molar-refractivity contribution is 6.38. The van der Waals surface area contributed by atoms with E-state index in [4.69, 9.17) is 23.2 Å². The van der Waals surface area contributed by atoms with E-state index in [0.717, 1.165) is 4.80 Å². The summed E-state index contributed by atoms with van der Waals surface area (Å²) >= 11 is 12.4. The number of likely N-dealkylation sites (tertiary alicyclic amines) is 1. The average Bonchev–Trinajstić information content (AvgIpc) is 3.35. The van der Waals surface area contributed by atoms with Crippen molar-refractivity contribution in [3.05, 3.63) is 64.1 Å². The molecule has 3 atom stereocenters. The molecule has 1 aliphatic rings. The zero-order chi connectivity index (χ0) is 31.1. The molecule has 0 spiro atoms. The summed E-state index contributed by atoms with van der Waals surface area (Å²) in [6.45, 7) is 1.23. The van der Waals surface area contributed by atoms with Gasteiger partial charge in [-0.2, -0.15) is 4.80 Å². The maximum Gasteiger partial charge on any atom is 0.305 e. The summed E-state index contributed by atoms with van der Waals surface area (Å²) in [6, 6.07) is 9.93. The first-order valence-corrected chi connectivity index (χ1v) is 14.2. The highest BCUT2D eigenvalue weighted by Gasteiger charge is 2.35. The molecule has 226 valence electrons. The quantitative estimate of drug-likeness (QED) is 0.287. The van der Waals surface area contributed by atoms with Gasteiger partial charge in [-0.15, -0.1) is 10.2 Å². The number of rotatable bonds is 11. The number of aliphatic carboxylic acids is 1. The standard InChI is InChI=1S/C28H29Cl2N7O6/c1-16(36-13-6-5-12-20(28(36)43)31-27(42)17-8-3-2-4-9-17)26(41)32-21(14-23(39)40)22(38)15-37-34-25(33-35-37)24-18(29)10-7-11-19(24)30/h2-4,7-11,16,20-21H,5-6,12-15H2,1H3,(H,31,42)(H,32,41)(H,39,40)/t16?,20-,21?/m0/s1. The number of ketones is 1. The van der Waals surface area contributed by atoms with Gasteiger partial charge in [-0.3, -0.25) is 24.0 Å². The van der Waals surface area contributed by atoms with Gasteiger partial charge in [0, 0.05) is 12.1 Å². The first-order valence-electron chi connectivity index (χ1n) is 13.5. The van der Waals surface area contributed by atoms with E-state index in [0.29, 0.717) is 30.4 Å². The Bertz CT molecular complexity index is 1500. The molecule has 13 nitrogen and oxygen atoms in total. The lowest BCUT2D eigenvalue weighted by atomic mass is 10.1. The normalized spacial score (nSPS) is 16.6. The summed E-state index contributed by atoms with van der Waals surface area (Å²) in [5, 5.41) is 27.0. The Morgan fingerprint density at radius 2 is 1.74 bits per heavy atom. The number of carboxylic acids is 1. The maximum atomic E-state index is 13.4. The number of aromatic nitrogens is 4. The molecule has 1 saturated heterocycles. The molecular weight excluding hydrogens is 601 g/mol. The Morgan fingerprint density at radius 1 is 1.05 bits per heavy atom. The van der Waals surface area contributed by atoms with E-state index in [1.165, 1.54) is 11.8 Å². The number of amides is 3. The molecule has 0 saturated carbocycles. The number of carbonyl (C=O) groups excluding carboxylic acids is 4. The third-order valence-electron chi connectivity index (χ3n) is 6.93. The van der Waals surface area contributed by atoms with Gasteiger partial charge >= 0.3 is 5.97 Å². The largest absolute Gasteiger partial charge is 0.481 e. The van der Waals surface area contributed by atoms with Gasteiger partial charge < -0.3 is 20.6 Å². The summed E-state index contributed by atoms with van der Waals surface area (Å²) in [5.74, 6) is -3.54. The molecule has 0 aliphatic carbocycles. The van der Waals surface area contributed by atoms with Crippen LogP contribution in [0.5, 0.6) is 0 Å². The van der Waals surface area contributed by atoms with Gasteiger partial charge in [-0.25, -0.2) is 0 Å². The lowest BCUT2D eigenvalue weighted by Crippen LogP contribution is -2.56. The zero-order valence-corrected chi connectivity index (χ0v) is 24.6. The summed E-state index contributed by atoms with van der Waals surface area (Å²) in [4.78, 5) is 66.3. The zero-order valence-electron chi connectivity index (χ0n) is 23.1. The van der Waals surface area contributed by atoms with E-state index >= 15 is 0 Å². The Hall–Kier alpha value is -4.36. The summed E-state index contributed by atoms with van der Waals surface area (Å²) in [7, 11) is 0. The number of hydrogen-bond acceptors (Lipinski definition) is 8. The summed E-state index contributed by atoms with van der Waals surface area (Å²) < 4.78 is 0. The number of tetrazole rings is 1. The van der Waals surface area contributed by atoms with E-state index in [2.05, 4.69) is 26.0 Å². The molecule has 1 aliphatic heterocycles. The van der Waals surface area contributed by atoms with Crippen molar-refractivity contribution in [2.45, 2.75) is 57.3 Å². The number of halogens is 2. The second-order valence-electron chi connectivity index (χ2n) is 9.96. The van der Waals surface area contributed by atoms with Crippen molar-refractivity contribution in [3.8, 4) is 11.4 Å². The van der Waals surface area contributed by atoms with Crippen LogP contribution in [-0.2, 0) is 25.7 Å². The number of carboxylic acid groups (broad SMARTS) is 1. The van der Waals surface area contributed by atoms with Gasteiger partial charge in [0.15, 0.2) is 5.78 Å². The van der Waals surface area contributed by atoms with Crippen molar-refractivity contribution in [2.75, 3.05) is 6.54 Å². The van der Waals surface area contributed by atoms with Crippen molar-refractivity contribution in [3.63, 3.8) is 0 Å². The van der Waals surface area contributed by atoms with Gasteiger partial charge in [0.05, 0.1) is 22.0 Å². The third kappa shape index (κ3) is 7.93. The van der Waals surface area contributed by atoms with Crippen LogP contribution in [-0.4, -0.2) is 84.4 Å². The van der Waals surface area contributed by atoms with Crippen molar-refractivity contribution < 1.29 is 29.1 Å². The molecule has 1 aromatic heterocycles. The molecule has 1 fully saturated rings. The van der Waals surface area contributed by atoms with Gasteiger partial charge in [0.2, 0.25) is 17.6 Å². The lowest BCUT2D eigenvalue weighted by molar-refractivity contribution is -0.143. The van der Waals surface area contributed by atoms with Crippen LogP contribution in [0, 0.1) is 0 Å². The number of nitrogens with one attached hydrogen (secondary N) is 2. The van der Waals surface area contributed by atoms with E-state index in [9.17, 15) is 29.1 Å². The third-order valence-corrected chi connectivity index (χ3v) is 7.56. The number of benzene rings is 2. The van der Waals surface area contributed by atoms with Crippen LogP contribution in [0.4, 0.5) is 0 Å². The molecule has 3 aromatic rings. The molecule has 0 bridgehead atoms.